The van der Waals surface area contributed by atoms with Crippen LogP contribution in [0.25, 0.3) is 5.70 Å². The standard InChI is InChI=1S/C22H28N4O/c1-16(17-10-5-4-6-11-17)9-7-8-14-26-21-20(24(2)15-23-21)19(18-12-13-18)25(3)22(26)27/h4-6,10-11,15-16H,7-9,12-14H2,1-3H3/t16-/m1/s1. The summed E-state index contributed by atoms with van der Waals surface area (Å²) >= 11 is 0. The molecule has 1 aromatic carbocycles. The van der Waals surface area contributed by atoms with E-state index in [1.807, 2.05) is 34.8 Å². The molecular weight excluding hydrogens is 336 g/mol. The summed E-state index contributed by atoms with van der Waals surface area (Å²) in [6.07, 6.45) is 7.22. The van der Waals surface area contributed by atoms with Crippen molar-refractivity contribution in [2.45, 2.75) is 44.9 Å². The molecule has 1 fully saturated rings. The molecule has 2 aromatic rings. The number of benzene rings is 1. The van der Waals surface area contributed by atoms with E-state index in [2.05, 4.69) is 42.2 Å². The second-order valence-electron chi connectivity index (χ2n) is 7.78. The molecule has 4 rings (SSSR count). The number of rotatable bonds is 6. The zero-order chi connectivity index (χ0) is 19.0. The summed E-state index contributed by atoms with van der Waals surface area (Å²) in [6.45, 7) is 3.00. The highest BCUT2D eigenvalue weighted by molar-refractivity contribution is 6.03. The van der Waals surface area contributed by atoms with Gasteiger partial charge in [-0.2, -0.15) is 0 Å². The number of carbonyl (C=O) groups is 1. The van der Waals surface area contributed by atoms with Gasteiger partial charge in [0.25, 0.3) is 0 Å². The Morgan fingerprint density at radius 3 is 2.56 bits per heavy atom. The first-order valence-corrected chi connectivity index (χ1v) is 9.91. The van der Waals surface area contributed by atoms with Crippen LogP contribution < -0.4 is 4.90 Å². The molecular formula is C22H28N4O. The number of aromatic nitrogens is 2. The molecule has 0 spiro atoms. The van der Waals surface area contributed by atoms with Gasteiger partial charge in [0.05, 0.1) is 12.0 Å². The molecule has 1 aromatic heterocycles. The number of anilines is 1. The van der Waals surface area contributed by atoms with Crippen LogP contribution in [0, 0.1) is 0 Å². The fraction of sp³-hybridized carbons (Fsp3) is 0.455. The van der Waals surface area contributed by atoms with E-state index in [4.69, 9.17) is 0 Å². The molecule has 0 bridgehead atoms. The van der Waals surface area contributed by atoms with Gasteiger partial charge in [-0.25, -0.2) is 9.78 Å². The highest BCUT2D eigenvalue weighted by atomic mass is 16.2. The Bertz CT molecular complexity index is 862. The molecule has 1 saturated carbocycles. The lowest BCUT2D eigenvalue weighted by molar-refractivity contribution is 0.228. The summed E-state index contributed by atoms with van der Waals surface area (Å²) in [5, 5.41) is 0. The third-order valence-corrected chi connectivity index (χ3v) is 5.72. The molecule has 2 aliphatic rings. The van der Waals surface area contributed by atoms with Crippen molar-refractivity contribution in [2.75, 3.05) is 18.5 Å². The maximum absolute atomic E-state index is 13.0. The van der Waals surface area contributed by atoms with E-state index in [-0.39, 0.29) is 6.03 Å². The minimum atomic E-state index is 0.0479. The number of fused-ring (bicyclic) bond motifs is 1. The predicted octanol–water partition coefficient (Wildman–Crippen LogP) is 4.77. The van der Waals surface area contributed by atoms with Crippen molar-refractivity contribution in [2.24, 2.45) is 7.05 Å². The van der Waals surface area contributed by atoms with Crippen molar-refractivity contribution >= 4 is 17.5 Å². The van der Waals surface area contributed by atoms with Gasteiger partial charge in [0.1, 0.15) is 5.69 Å². The number of allylic oxidation sites excluding steroid dienone is 1. The van der Waals surface area contributed by atoms with Gasteiger partial charge >= 0.3 is 6.03 Å². The Kier molecular flexibility index (Phi) is 4.77. The summed E-state index contributed by atoms with van der Waals surface area (Å²) in [5.41, 5.74) is 4.91. The average molecular weight is 364 g/mol. The highest BCUT2D eigenvalue weighted by Crippen LogP contribution is 2.43. The van der Waals surface area contributed by atoms with Gasteiger partial charge in [0.2, 0.25) is 0 Å². The first kappa shape index (κ1) is 17.8. The number of aryl methyl sites for hydroxylation is 1. The van der Waals surface area contributed by atoms with Crippen LogP contribution in [0.3, 0.4) is 0 Å². The molecule has 1 aliphatic heterocycles. The molecule has 0 unspecified atom stereocenters. The van der Waals surface area contributed by atoms with E-state index in [1.54, 1.807) is 0 Å². The van der Waals surface area contributed by atoms with Crippen LogP contribution in [0.2, 0.25) is 0 Å². The van der Waals surface area contributed by atoms with Crippen molar-refractivity contribution < 1.29 is 4.79 Å². The lowest BCUT2D eigenvalue weighted by atomic mass is 9.95. The Morgan fingerprint density at radius 1 is 1.11 bits per heavy atom. The zero-order valence-electron chi connectivity index (χ0n) is 16.5. The molecule has 0 saturated heterocycles. The quantitative estimate of drug-likeness (QED) is 0.693. The van der Waals surface area contributed by atoms with Crippen LogP contribution in [0.15, 0.2) is 42.2 Å². The Morgan fingerprint density at radius 2 is 1.85 bits per heavy atom. The van der Waals surface area contributed by atoms with Crippen molar-refractivity contribution in [3.8, 4) is 0 Å². The predicted molar refractivity (Wildman–Crippen MR) is 109 cm³/mol. The van der Waals surface area contributed by atoms with Crippen LogP contribution in [0.1, 0.15) is 56.2 Å². The normalized spacial score (nSPS) is 17.4. The molecule has 142 valence electrons. The number of imidazole rings is 1. The van der Waals surface area contributed by atoms with Crippen molar-refractivity contribution in [1.82, 2.24) is 14.5 Å². The van der Waals surface area contributed by atoms with E-state index in [0.29, 0.717) is 5.92 Å². The SMILES string of the molecule is C[C@H](CCCCN1C(=O)N(C)C(=C2CC2)c2c1ncn2C)c1ccccc1. The topological polar surface area (TPSA) is 41.4 Å². The summed E-state index contributed by atoms with van der Waals surface area (Å²) in [5.74, 6) is 1.37. The van der Waals surface area contributed by atoms with Gasteiger partial charge in [-0.1, -0.05) is 43.7 Å². The highest BCUT2D eigenvalue weighted by Gasteiger charge is 2.38. The second-order valence-corrected chi connectivity index (χ2v) is 7.78. The smallest absolute Gasteiger partial charge is 0.330 e. The van der Waals surface area contributed by atoms with Gasteiger partial charge in [-0.05, 0) is 42.7 Å². The van der Waals surface area contributed by atoms with Crippen molar-refractivity contribution in [3.05, 3.63) is 53.5 Å². The Labute approximate surface area is 161 Å². The third kappa shape index (κ3) is 3.38. The van der Waals surface area contributed by atoms with Gasteiger partial charge in [-0.3, -0.25) is 9.80 Å². The number of hydrogen-bond acceptors (Lipinski definition) is 2. The zero-order valence-corrected chi connectivity index (χ0v) is 16.5. The van der Waals surface area contributed by atoms with E-state index < -0.39 is 0 Å². The first-order valence-electron chi connectivity index (χ1n) is 9.91. The number of carbonyl (C=O) groups excluding carboxylic acids is 1. The monoisotopic (exact) mass is 364 g/mol. The number of hydrogen-bond donors (Lipinski definition) is 0. The summed E-state index contributed by atoms with van der Waals surface area (Å²) in [6, 6.07) is 10.7. The van der Waals surface area contributed by atoms with Crippen LogP contribution in [0.4, 0.5) is 10.6 Å². The van der Waals surface area contributed by atoms with Crippen LogP contribution in [0.5, 0.6) is 0 Å². The van der Waals surface area contributed by atoms with Crippen molar-refractivity contribution in [3.63, 3.8) is 0 Å². The molecule has 2 amide bonds. The maximum Gasteiger partial charge on any atom is 0.330 e. The molecule has 0 radical (unpaired) electrons. The molecule has 2 heterocycles. The van der Waals surface area contributed by atoms with Crippen LogP contribution in [-0.2, 0) is 7.05 Å². The largest absolute Gasteiger partial charge is 0.331 e. The van der Waals surface area contributed by atoms with E-state index in [9.17, 15) is 4.79 Å². The summed E-state index contributed by atoms with van der Waals surface area (Å²) in [4.78, 5) is 21.2. The second kappa shape index (κ2) is 7.22. The molecule has 5 nitrogen and oxygen atoms in total. The summed E-state index contributed by atoms with van der Waals surface area (Å²) in [7, 11) is 3.90. The fourth-order valence-electron chi connectivity index (χ4n) is 3.99. The lowest BCUT2D eigenvalue weighted by Crippen LogP contribution is -2.45. The average Bonchev–Trinajstić information content (AvgIpc) is 3.45. The van der Waals surface area contributed by atoms with Gasteiger partial charge in [0, 0.05) is 20.6 Å². The molecule has 5 heteroatoms. The Hall–Kier alpha value is -2.56. The van der Waals surface area contributed by atoms with Crippen LogP contribution >= 0.6 is 0 Å². The van der Waals surface area contributed by atoms with Crippen molar-refractivity contribution in [1.29, 1.82) is 0 Å². The van der Waals surface area contributed by atoms with Gasteiger partial charge < -0.3 is 4.57 Å². The number of amides is 2. The van der Waals surface area contributed by atoms with Gasteiger partial charge in [-0.15, -0.1) is 0 Å². The van der Waals surface area contributed by atoms with E-state index in [1.165, 1.54) is 11.1 Å². The fourth-order valence-corrected chi connectivity index (χ4v) is 3.99. The van der Waals surface area contributed by atoms with Crippen LogP contribution in [-0.4, -0.2) is 34.1 Å². The molecule has 0 N–H and O–H groups in total. The lowest BCUT2D eigenvalue weighted by Gasteiger charge is -2.34. The maximum atomic E-state index is 13.0. The number of nitrogens with zero attached hydrogens (tertiary/aromatic N) is 4. The molecule has 27 heavy (non-hydrogen) atoms. The molecule has 1 aliphatic carbocycles. The van der Waals surface area contributed by atoms with Gasteiger partial charge in [0.15, 0.2) is 5.82 Å². The Balaban J connectivity index is 1.42. The minimum Gasteiger partial charge on any atom is -0.331 e. The number of unbranched alkanes of at least 4 members (excludes halogenated alkanes) is 1. The minimum absolute atomic E-state index is 0.0479. The first-order chi connectivity index (χ1) is 13.1. The number of urea groups is 1. The molecule has 1 atom stereocenters. The van der Waals surface area contributed by atoms with E-state index in [0.717, 1.165) is 55.9 Å². The van der Waals surface area contributed by atoms with E-state index >= 15 is 0 Å². The third-order valence-electron chi connectivity index (χ3n) is 5.72. The summed E-state index contributed by atoms with van der Waals surface area (Å²) < 4.78 is 2.05.